The maximum absolute atomic E-state index is 13.1. The number of carbonyl (C=O) groups is 1. The molecule has 1 aliphatic carbocycles. The molecule has 0 bridgehead atoms. The molecule has 2 N–H and O–H groups in total. The van der Waals surface area contributed by atoms with Crippen LogP contribution in [-0.4, -0.2) is 25.3 Å². The summed E-state index contributed by atoms with van der Waals surface area (Å²) < 4.78 is 9.38. The zero-order valence-electron chi connectivity index (χ0n) is 18.6. The number of hydrogen-bond donors (Lipinski definition) is 1. The van der Waals surface area contributed by atoms with Crippen LogP contribution in [0.2, 0.25) is 0 Å². The van der Waals surface area contributed by atoms with Crippen LogP contribution >= 0.6 is 0 Å². The number of rotatable bonds is 4. The van der Waals surface area contributed by atoms with Crippen molar-refractivity contribution in [1.82, 2.24) is 19.6 Å². The van der Waals surface area contributed by atoms with E-state index in [1.807, 2.05) is 61.3 Å². The van der Waals surface area contributed by atoms with Gasteiger partial charge in [-0.15, -0.1) is 0 Å². The average Bonchev–Trinajstić information content (AvgIpc) is 3.42. The molecular formula is C25H24N6O2. The van der Waals surface area contributed by atoms with Gasteiger partial charge in [0.15, 0.2) is 5.78 Å². The molecule has 0 unspecified atom stereocenters. The Morgan fingerprint density at radius 1 is 1.21 bits per heavy atom. The zero-order chi connectivity index (χ0) is 23.1. The van der Waals surface area contributed by atoms with Crippen LogP contribution in [0.1, 0.15) is 43.4 Å². The molecule has 0 saturated heterocycles. The molecule has 0 spiro atoms. The summed E-state index contributed by atoms with van der Waals surface area (Å²) in [4.78, 5) is 13.1. The van der Waals surface area contributed by atoms with Gasteiger partial charge < -0.3 is 10.5 Å². The minimum atomic E-state index is -0.636. The second kappa shape index (κ2) is 8.10. The Labute approximate surface area is 191 Å². The van der Waals surface area contributed by atoms with Gasteiger partial charge in [0.1, 0.15) is 23.1 Å². The predicted octanol–water partition coefficient (Wildman–Crippen LogP) is 3.88. The number of ether oxygens (including phenoxy) is 1. The summed E-state index contributed by atoms with van der Waals surface area (Å²) in [7, 11) is 0. The topological polar surface area (TPSA) is 112 Å². The molecule has 5 rings (SSSR count). The molecule has 0 radical (unpaired) electrons. The number of benzene rings is 1. The first-order valence-electron chi connectivity index (χ1n) is 11.0. The van der Waals surface area contributed by atoms with Gasteiger partial charge in [-0.3, -0.25) is 9.48 Å². The summed E-state index contributed by atoms with van der Waals surface area (Å²) >= 11 is 0. The Hall–Kier alpha value is -4.12. The third kappa shape index (κ3) is 3.42. The highest BCUT2D eigenvalue weighted by Gasteiger charge is 2.40. The first-order chi connectivity index (χ1) is 16.0. The summed E-state index contributed by atoms with van der Waals surface area (Å²) in [5, 5.41) is 19.5. The first-order valence-corrected chi connectivity index (χ1v) is 11.0. The number of ketones is 1. The van der Waals surface area contributed by atoms with Crippen LogP contribution in [0.15, 0.2) is 65.5 Å². The maximum Gasteiger partial charge on any atom is 0.205 e. The van der Waals surface area contributed by atoms with E-state index in [9.17, 15) is 10.1 Å². The van der Waals surface area contributed by atoms with Crippen molar-refractivity contribution in [2.75, 3.05) is 0 Å². The number of aromatic nitrogens is 4. The summed E-state index contributed by atoms with van der Waals surface area (Å²) in [5.74, 6) is -0.0354. The van der Waals surface area contributed by atoms with Crippen molar-refractivity contribution in [3.05, 3.63) is 76.8 Å². The highest BCUT2D eigenvalue weighted by atomic mass is 16.5. The van der Waals surface area contributed by atoms with Gasteiger partial charge in [0.2, 0.25) is 5.88 Å². The summed E-state index contributed by atoms with van der Waals surface area (Å²) in [6, 6.07) is 11.9. The van der Waals surface area contributed by atoms with Crippen LogP contribution in [0.5, 0.6) is 0 Å². The number of carbonyl (C=O) groups excluding carboxylic acids is 1. The van der Waals surface area contributed by atoms with Crippen molar-refractivity contribution in [2.45, 2.75) is 45.6 Å². The lowest BCUT2D eigenvalue weighted by atomic mass is 9.77. The highest BCUT2D eigenvalue weighted by molar-refractivity contribution is 5.99. The van der Waals surface area contributed by atoms with Crippen LogP contribution < -0.4 is 5.73 Å². The van der Waals surface area contributed by atoms with E-state index in [1.165, 1.54) is 0 Å². The maximum atomic E-state index is 13.1. The molecule has 2 aliphatic rings. The van der Waals surface area contributed by atoms with Gasteiger partial charge in [-0.05, 0) is 32.4 Å². The van der Waals surface area contributed by atoms with Crippen LogP contribution in [0.3, 0.4) is 0 Å². The summed E-state index contributed by atoms with van der Waals surface area (Å²) in [6.45, 7) is 4.67. The molecule has 1 atom stereocenters. The van der Waals surface area contributed by atoms with E-state index >= 15 is 0 Å². The molecule has 8 heteroatoms. The molecule has 0 saturated carbocycles. The molecule has 1 aromatic carbocycles. The predicted molar refractivity (Wildman–Crippen MR) is 122 cm³/mol. The number of aryl methyl sites for hydroxylation is 2. The van der Waals surface area contributed by atoms with Gasteiger partial charge >= 0.3 is 0 Å². The summed E-state index contributed by atoms with van der Waals surface area (Å²) in [6.07, 6.45) is 5.59. The number of allylic oxidation sites excluding steroid dienone is 3. The first kappa shape index (κ1) is 20.8. The van der Waals surface area contributed by atoms with Crippen molar-refractivity contribution in [3.8, 4) is 23.0 Å². The average molecular weight is 441 g/mol. The van der Waals surface area contributed by atoms with Gasteiger partial charge in [0, 0.05) is 48.5 Å². The van der Waals surface area contributed by atoms with Crippen molar-refractivity contribution in [1.29, 1.82) is 5.26 Å². The van der Waals surface area contributed by atoms with E-state index in [2.05, 4.69) is 11.2 Å². The van der Waals surface area contributed by atoms with E-state index in [1.54, 1.807) is 4.68 Å². The lowest BCUT2D eigenvalue weighted by Crippen LogP contribution is -2.27. The molecule has 8 nitrogen and oxygen atoms in total. The van der Waals surface area contributed by atoms with Crippen molar-refractivity contribution in [3.63, 3.8) is 0 Å². The van der Waals surface area contributed by atoms with Gasteiger partial charge in [0.05, 0.1) is 17.3 Å². The Kier molecular flexibility index (Phi) is 5.09. The number of para-hydroxylation sites is 1. The van der Waals surface area contributed by atoms with Gasteiger partial charge in [-0.25, -0.2) is 4.68 Å². The second-order valence-corrected chi connectivity index (χ2v) is 8.24. The molecule has 3 heterocycles. The molecule has 166 valence electrons. The number of hydrogen-bond acceptors (Lipinski definition) is 6. The SMILES string of the molecule is CCn1cc(-c2nn(-c3ccccc3)cc2[C@@H]2C(C#N)=C(N)OC3=C2C(=O)CCC3)c(C)n1. The normalized spacial score (nSPS) is 18.2. The van der Waals surface area contributed by atoms with Gasteiger partial charge in [-0.2, -0.15) is 15.5 Å². The standard InChI is InChI=1S/C25H24N6O2/c1-3-30-13-18(15(2)28-30)24-19(14-31(29-24)16-8-5-4-6-9-16)22-17(12-26)25(27)33-21-11-7-10-20(32)23(21)22/h4-6,8-9,13-14,22H,3,7,10-11,27H2,1-2H3/t22-/m0/s1. The minimum absolute atomic E-state index is 0.0131. The Morgan fingerprint density at radius 3 is 2.70 bits per heavy atom. The van der Waals surface area contributed by atoms with Crippen LogP contribution in [0.25, 0.3) is 16.9 Å². The second-order valence-electron chi connectivity index (χ2n) is 8.24. The number of Topliss-reactive ketones (excluding diaryl/α,β-unsaturated/α-hetero) is 1. The highest BCUT2D eigenvalue weighted by Crippen LogP contribution is 2.46. The van der Waals surface area contributed by atoms with E-state index < -0.39 is 5.92 Å². The lowest BCUT2D eigenvalue weighted by Gasteiger charge is -2.30. The lowest BCUT2D eigenvalue weighted by molar-refractivity contribution is -0.116. The molecule has 1 aliphatic heterocycles. The van der Waals surface area contributed by atoms with Crippen molar-refractivity contribution in [2.24, 2.45) is 5.73 Å². The van der Waals surface area contributed by atoms with Gasteiger partial charge in [0.25, 0.3) is 0 Å². The fourth-order valence-corrected chi connectivity index (χ4v) is 4.60. The van der Waals surface area contributed by atoms with Crippen LogP contribution in [0.4, 0.5) is 0 Å². The Morgan fingerprint density at radius 2 is 2.00 bits per heavy atom. The number of nitrogens with zero attached hydrogens (tertiary/aromatic N) is 5. The number of nitrogens with two attached hydrogens (primary N) is 1. The Balaban J connectivity index is 1.78. The monoisotopic (exact) mass is 440 g/mol. The van der Waals surface area contributed by atoms with E-state index in [0.29, 0.717) is 36.3 Å². The Bertz CT molecular complexity index is 1350. The minimum Gasteiger partial charge on any atom is -0.444 e. The van der Waals surface area contributed by atoms with E-state index in [4.69, 9.17) is 15.6 Å². The van der Waals surface area contributed by atoms with Crippen LogP contribution in [-0.2, 0) is 16.1 Å². The molecule has 33 heavy (non-hydrogen) atoms. The zero-order valence-corrected chi connectivity index (χ0v) is 18.6. The number of nitriles is 1. The fourth-order valence-electron chi connectivity index (χ4n) is 4.60. The quantitative estimate of drug-likeness (QED) is 0.659. The van der Waals surface area contributed by atoms with Crippen LogP contribution in [0, 0.1) is 18.3 Å². The summed E-state index contributed by atoms with van der Waals surface area (Å²) in [5.41, 5.74) is 10.9. The fraction of sp³-hybridized carbons (Fsp3) is 0.280. The molecule has 2 aromatic heterocycles. The smallest absolute Gasteiger partial charge is 0.205 e. The van der Waals surface area contributed by atoms with Crippen molar-refractivity contribution >= 4 is 5.78 Å². The molecule has 0 fully saturated rings. The molecule has 3 aromatic rings. The van der Waals surface area contributed by atoms with Gasteiger partial charge in [-0.1, -0.05) is 18.2 Å². The van der Waals surface area contributed by atoms with E-state index in [-0.39, 0.29) is 17.2 Å². The third-order valence-electron chi connectivity index (χ3n) is 6.20. The van der Waals surface area contributed by atoms with E-state index in [0.717, 1.165) is 29.1 Å². The molecule has 0 amide bonds. The van der Waals surface area contributed by atoms with Crippen molar-refractivity contribution < 1.29 is 9.53 Å². The molecular weight excluding hydrogens is 416 g/mol. The largest absolute Gasteiger partial charge is 0.444 e. The third-order valence-corrected chi connectivity index (χ3v) is 6.20.